The number of ether oxygens (including phenoxy) is 1. The third kappa shape index (κ3) is 4.26. The zero-order valence-electron chi connectivity index (χ0n) is 11.2. The van der Waals surface area contributed by atoms with Gasteiger partial charge in [0.2, 0.25) is 0 Å². The minimum absolute atomic E-state index is 0.499. The number of nitrogens with one attached hydrogen (secondary N) is 1. The Morgan fingerprint density at radius 3 is 2.94 bits per heavy atom. The standard InChI is InChI=1S/C12H23N3OS/c1-5-10(2)15(6-7-16-4)12-14-9-11(17-12)8-13-3/h9-10,13H,5-8H2,1-4H3. The number of rotatable bonds is 8. The molecule has 1 unspecified atom stereocenters. The van der Waals surface area contributed by atoms with Gasteiger partial charge in [0.1, 0.15) is 0 Å². The molecule has 0 amide bonds. The molecule has 0 radical (unpaired) electrons. The summed E-state index contributed by atoms with van der Waals surface area (Å²) in [5.74, 6) is 0. The molecule has 1 rings (SSSR count). The number of thiazole rings is 1. The zero-order chi connectivity index (χ0) is 12.7. The van der Waals surface area contributed by atoms with Gasteiger partial charge in [-0.25, -0.2) is 4.98 Å². The van der Waals surface area contributed by atoms with Gasteiger partial charge in [0.05, 0.1) is 6.61 Å². The number of nitrogens with zero attached hydrogens (tertiary/aromatic N) is 2. The van der Waals surface area contributed by atoms with Crippen LogP contribution in [0.3, 0.4) is 0 Å². The predicted molar refractivity (Wildman–Crippen MR) is 73.9 cm³/mol. The van der Waals surface area contributed by atoms with Gasteiger partial charge in [-0.15, -0.1) is 11.3 Å². The molecule has 0 saturated carbocycles. The molecule has 1 aromatic rings. The molecule has 0 aromatic carbocycles. The van der Waals surface area contributed by atoms with E-state index < -0.39 is 0 Å². The fourth-order valence-electron chi connectivity index (χ4n) is 1.60. The molecular weight excluding hydrogens is 234 g/mol. The highest BCUT2D eigenvalue weighted by atomic mass is 32.1. The largest absolute Gasteiger partial charge is 0.383 e. The van der Waals surface area contributed by atoms with Crippen LogP contribution in [-0.2, 0) is 11.3 Å². The SMILES string of the molecule is CCC(C)N(CCOC)c1ncc(CNC)s1. The molecule has 0 fully saturated rings. The molecule has 17 heavy (non-hydrogen) atoms. The van der Waals surface area contributed by atoms with Crippen LogP contribution in [0.25, 0.3) is 0 Å². The summed E-state index contributed by atoms with van der Waals surface area (Å²) < 4.78 is 5.17. The smallest absolute Gasteiger partial charge is 0.185 e. The van der Waals surface area contributed by atoms with E-state index in [1.54, 1.807) is 18.4 Å². The van der Waals surface area contributed by atoms with E-state index in [-0.39, 0.29) is 0 Å². The number of aromatic nitrogens is 1. The third-order valence-electron chi connectivity index (χ3n) is 2.80. The molecule has 1 N–H and O–H groups in total. The maximum absolute atomic E-state index is 5.17. The van der Waals surface area contributed by atoms with Gasteiger partial charge in [0.15, 0.2) is 5.13 Å². The summed E-state index contributed by atoms with van der Waals surface area (Å²) in [4.78, 5) is 8.10. The van der Waals surface area contributed by atoms with Crippen molar-refractivity contribution in [3.05, 3.63) is 11.1 Å². The molecule has 1 heterocycles. The normalized spacial score (nSPS) is 12.7. The minimum atomic E-state index is 0.499. The van der Waals surface area contributed by atoms with Crippen molar-refractivity contribution in [2.75, 3.05) is 32.2 Å². The van der Waals surface area contributed by atoms with Crippen LogP contribution in [0.5, 0.6) is 0 Å². The lowest BCUT2D eigenvalue weighted by atomic mass is 10.2. The van der Waals surface area contributed by atoms with Crippen LogP contribution >= 0.6 is 11.3 Å². The Morgan fingerprint density at radius 1 is 1.59 bits per heavy atom. The fourth-order valence-corrected chi connectivity index (χ4v) is 2.65. The Balaban J connectivity index is 2.72. The first-order valence-electron chi connectivity index (χ1n) is 6.07. The van der Waals surface area contributed by atoms with E-state index in [0.29, 0.717) is 6.04 Å². The number of anilines is 1. The molecular formula is C12H23N3OS. The number of hydrogen-bond acceptors (Lipinski definition) is 5. The van der Waals surface area contributed by atoms with E-state index in [1.807, 2.05) is 13.2 Å². The minimum Gasteiger partial charge on any atom is -0.383 e. The third-order valence-corrected chi connectivity index (χ3v) is 3.83. The molecule has 0 aliphatic rings. The maximum Gasteiger partial charge on any atom is 0.185 e. The lowest BCUT2D eigenvalue weighted by molar-refractivity contribution is 0.203. The van der Waals surface area contributed by atoms with E-state index in [1.165, 1.54) is 4.88 Å². The van der Waals surface area contributed by atoms with Gasteiger partial charge < -0.3 is 15.0 Å². The Morgan fingerprint density at radius 2 is 2.35 bits per heavy atom. The Bertz CT molecular complexity index is 316. The second-order valence-electron chi connectivity index (χ2n) is 4.08. The first-order chi connectivity index (χ1) is 8.22. The molecule has 0 spiro atoms. The van der Waals surface area contributed by atoms with Gasteiger partial charge in [-0.1, -0.05) is 6.92 Å². The second-order valence-corrected chi connectivity index (χ2v) is 5.18. The van der Waals surface area contributed by atoms with Crippen molar-refractivity contribution in [1.82, 2.24) is 10.3 Å². The van der Waals surface area contributed by atoms with Crippen LogP contribution < -0.4 is 10.2 Å². The molecule has 4 nitrogen and oxygen atoms in total. The van der Waals surface area contributed by atoms with E-state index in [9.17, 15) is 0 Å². The van der Waals surface area contributed by atoms with Crippen molar-refractivity contribution in [2.24, 2.45) is 0 Å². The average Bonchev–Trinajstić information content (AvgIpc) is 2.78. The summed E-state index contributed by atoms with van der Waals surface area (Å²) in [6.07, 6.45) is 3.07. The topological polar surface area (TPSA) is 37.4 Å². The highest BCUT2D eigenvalue weighted by Gasteiger charge is 2.16. The predicted octanol–water partition coefficient (Wildman–Crippen LogP) is 2.11. The molecule has 98 valence electrons. The molecule has 0 aliphatic heterocycles. The Kier molecular flexibility index (Phi) is 6.47. The average molecular weight is 257 g/mol. The van der Waals surface area contributed by atoms with Crippen LogP contribution in [-0.4, -0.2) is 38.3 Å². The van der Waals surface area contributed by atoms with Crippen LogP contribution in [0.4, 0.5) is 5.13 Å². The molecule has 0 aliphatic carbocycles. The van der Waals surface area contributed by atoms with Gasteiger partial charge >= 0.3 is 0 Å². The van der Waals surface area contributed by atoms with E-state index in [4.69, 9.17) is 4.74 Å². The quantitative estimate of drug-likeness (QED) is 0.774. The lowest BCUT2D eigenvalue weighted by Crippen LogP contribution is -2.35. The monoisotopic (exact) mass is 257 g/mol. The van der Waals surface area contributed by atoms with Crippen molar-refractivity contribution in [3.8, 4) is 0 Å². The first kappa shape index (κ1) is 14.4. The summed E-state index contributed by atoms with van der Waals surface area (Å²) >= 11 is 1.76. The van der Waals surface area contributed by atoms with E-state index >= 15 is 0 Å². The van der Waals surface area contributed by atoms with Gasteiger partial charge in [-0.05, 0) is 20.4 Å². The van der Waals surface area contributed by atoms with Crippen LogP contribution in [0.1, 0.15) is 25.1 Å². The number of methoxy groups -OCH3 is 1. The molecule has 0 bridgehead atoms. The van der Waals surface area contributed by atoms with E-state index in [2.05, 4.69) is 29.0 Å². The summed E-state index contributed by atoms with van der Waals surface area (Å²) in [5.41, 5.74) is 0. The van der Waals surface area contributed by atoms with Crippen molar-refractivity contribution in [3.63, 3.8) is 0 Å². The molecule has 0 saturated heterocycles. The first-order valence-corrected chi connectivity index (χ1v) is 6.89. The Hall–Kier alpha value is -0.650. The summed E-state index contributed by atoms with van der Waals surface area (Å²) in [6, 6.07) is 0.499. The maximum atomic E-state index is 5.17. The highest BCUT2D eigenvalue weighted by Crippen LogP contribution is 2.24. The van der Waals surface area contributed by atoms with Crippen LogP contribution in [0.2, 0.25) is 0 Å². The highest BCUT2D eigenvalue weighted by molar-refractivity contribution is 7.15. The van der Waals surface area contributed by atoms with Crippen LogP contribution in [0.15, 0.2) is 6.20 Å². The van der Waals surface area contributed by atoms with Gasteiger partial charge in [-0.3, -0.25) is 0 Å². The van der Waals surface area contributed by atoms with Crippen molar-refractivity contribution >= 4 is 16.5 Å². The lowest BCUT2D eigenvalue weighted by Gasteiger charge is -2.27. The molecule has 1 aromatic heterocycles. The summed E-state index contributed by atoms with van der Waals surface area (Å²) in [7, 11) is 3.69. The summed E-state index contributed by atoms with van der Waals surface area (Å²) in [5, 5.41) is 4.25. The van der Waals surface area contributed by atoms with Crippen LogP contribution in [0, 0.1) is 0 Å². The second kappa shape index (κ2) is 7.63. The van der Waals surface area contributed by atoms with Crippen molar-refractivity contribution in [1.29, 1.82) is 0 Å². The zero-order valence-corrected chi connectivity index (χ0v) is 12.0. The van der Waals surface area contributed by atoms with Gasteiger partial charge in [0.25, 0.3) is 0 Å². The van der Waals surface area contributed by atoms with Crippen molar-refractivity contribution < 1.29 is 4.74 Å². The Labute approximate surface area is 108 Å². The molecule has 5 heteroatoms. The molecule has 1 atom stereocenters. The van der Waals surface area contributed by atoms with E-state index in [0.717, 1.165) is 31.2 Å². The van der Waals surface area contributed by atoms with Crippen molar-refractivity contribution in [2.45, 2.75) is 32.9 Å². The van der Waals surface area contributed by atoms with Gasteiger partial charge in [-0.2, -0.15) is 0 Å². The fraction of sp³-hybridized carbons (Fsp3) is 0.750. The summed E-state index contributed by atoms with van der Waals surface area (Å²) in [6.45, 7) is 6.96. The van der Waals surface area contributed by atoms with Gasteiger partial charge in [0, 0.05) is 37.3 Å². The number of hydrogen-bond donors (Lipinski definition) is 1.